The first-order chi connectivity index (χ1) is 19.7. The quantitative estimate of drug-likeness (QED) is 0.340. The summed E-state index contributed by atoms with van der Waals surface area (Å²) in [7, 11) is 0. The van der Waals surface area contributed by atoms with Gasteiger partial charge in [0.2, 0.25) is 5.95 Å². The Kier molecular flexibility index (Phi) is 6.82. The fourth-order valence-electron chi connectivity index (χ4n) is 4.80. The Morgan fingerprint density at radius 1 is 1.00 bits per heavy atom. The van der Waals surface area contributed by atoms with Crippen LogP contribution in [0.1, 0.15) is 37.5 Å². The van der Waals surface area contributed by atoms with Gasteiger partial charge in [-0.1, -0.05) is 6.07 Å². The van der Waals surface area contributed by atoms with Gasteiger partial charge in [0.25, 0.3) is 0 Å². The molecular formula is C29H32N10O2. The van der Waals surface area contributed by atoms with E-state index in [2.05, 4.69) is 66.4 Å². The van der Waals surface area contributed by atoms with Crippen molar-refractivity contribution < 1.29 is 9.53 Å². The van der Waals surface area contributed by atoms with Crippen LogP contribution < -0.4 is 10.2 Å². The number of rotatable bonds is 5. The maximum absolute atomic E-state index is 12.4. The molecule has 1 amide bonds. The van der Waals surface area contributed by atoms with Crippen molar-refractivity contribution in [2.75, 3.05) is 36.4 Å². The van der Waals surface area contributed by atoms with Crippen LogP contribution in [-0.4, -0.2) is 77.3 Å². The fraction of sp³-hybridized carbons (Fsp3) is 0.345. The van der Waals surface area contributed by atoms with E-state index in [0.29, 0.717) is 49.0 Å². The molecule has 6 rings (SSSR count). The maximum atomic E-state index is 12.4. The van der Waals surface area contributed by atoms with Crippen molar-refractivity contribution in [2.45, 2.75) is 39.7 Å². The Hall–Kier alpha value is -4.87. The lowest BCUT2D eigenvalue weighted by atomic mass is 10.0. The third kappa shape index (κ3) is 5.86. The van der Waals surface area contributed by atoms with E-state index in [-0.39, 0.29) is 6.09 Å². The predicted octanol–water partition coefficient (Wildman–Crippen LogP) is 4.16. The second-order valence-corrected chi connectivity index (χ2v) is 11.1. The zero-order valence-electron chi connectivity index (χ0n) is 23.6. The lowest BCUT2D eigenvalue weighted by Crippen LogP contribution is -2.50. The van der Waals surface area contributed by atoms with Crippen molar-refractivity contribution >= 4 is 40.2 Å². The number of aromatic nitrogens is 7. The number of anilines is 3. The minimum atomic E-state index is -0.522. The van der Waals surface area contributed by atoms with Crippen molar-refractivity contribution in [1.82, 2.24) is 39.4 Å². The van der Waals surface area contributed by atoms with Gasteiger partial charge in [-0.2, -0.15) is 5.10 Å². The van der Waals surface area contributed by atoms with E-state index in [1.54, 1.807) is 21.9 Å². The van der Waals surface area contributed by atoms with E-state index >= 15 is 0 Å². The third-order valence-corrected chi connectivity index (χ3v) is 6.92. The largest absolute Gasteiger partial charge is 0.444 e. The number of fused-ring (bicyclic) bond motifs is 2. The number of benzene rings is 1. The van der Waals surface area contributed by atoms with Crippen molar-refractivity contribution in [2.24, 2.45) is 0 Å². The number of amides is 1. The monoisotopic (exact) mass is 552 g/mol. The molecule has 1 fully saturated rings. The number of ether oxygens (including phenoxy) is 1. The summed E-state index contributed by atoms with van der Waals surface area (Å²) in [6.07, 6.45) is 7.21. The summed E-state index contributed by atoms with van der Waals surface area (Å²) in [5.41, 5.74) is 6.06. The molecule has 5 heterocycles. The van der Waals surface area contributed by atoms with Gasteiger partial charge in [0.05, 0.1) is 6.20 Å². The van der Waals surface area contributed by atoms with Gasteiger partial charge in [-0.3, -0.25) is 0 Å². The van der Waals surface area contributed by atoms with E-state index < -0.39 is 5.60 Å². The summed E-state index contributed by atoms with van der Waals surface area (Å²) >= 11 is 0. The first-order valence-electron chi connectivity index (χ1n) is 13.6. The lowest BCUT2D eigenvalue weighted by Gasteiger charge is -2.35. The number of piperazine rings is 1. The van der Waals surface area contributed by atoms with Crippen LogP contribution in [0.3, 0.4) is 0 Å². The van der Waals surface area contributed by atoms with Crippen LogP contribution in [0.2, 0.25) is 0 Å². The Morgan fingerprint density at radius 3 is 2.61 bits per heavy atom. The molecule has 4 aromatic heterocycles. The summed E-state index contributed by atoms with van der Waals surface area (Å²) in [5.74, 6) is 1.19. The second kappa shape index (κ2) is 10.6. The van der Waals surface area contributed by atoms with E-state index in [0.717, 1.165) is 23.3 Å². The first kappa shape index (κ1) is 26.4. The molecule has 12 heteroatoms. The molecule has 5 aromatic rings. The second-order valence-electron chi connectivity index (χ2n) is 11.1. The molecule has 0 saturated carbocycles. The van der Waals surface area contributed by atoms with Gasteiger partial charge in [-0.05, 0) is 75.1 Å². The molecule has 0 unspecified atom stereocenters. The fourth-order valence-corrected chi connectivity index (χ4v) is 4.80. The summed E-state index contributed by atoms with van der Waals surface area (Å²) in [6.45, 7) is 9.98. The number of nitrogens with zero attached hydrogens (tertiary/aromatic N) is 9. The van der Waals surface area contributed by atoms with Crippen LogP contribution in [0, 0.1) is 6.92 Å². The third-order valence-electron chi connectivity index (χ3n) is 6.92. The van der Waals surface area contributed by atoms with Crippen LogP contribution in [0.25, 0.3) is 16.7 Å². The Balaban J connectivity index is 1.17. The molecule has 0 radical (unpaired) electrons. The van der Waals surface area contributed by atoms with Gasteiger partial charge in [-0.25, -0.2) is 34.2 Å². The molecule has 12 nitrogen and oxygen atoms in total. The smallest absolute Gasteiger partial charge is 0.410 e. The maximum Gasteiger partial charge on any atom is 0.410 e. The summed E-state index contributed by atoms with van der Waals surface area (Å²) < 4.78 is 7.27. The SMILES string of the molecule is Cc1cc(Nc2ncnc3cnc(N4CCN(C(=O)OC(C)(C)C)CC4)nc23)ccc1Cc1ccn2ncnc2c1. The van der Waals surface area contributed by atoms with E-state index in [9.17, 15) is 4.79 Å². The van der Waals surface area contributed by atoms with Crippen LogP contribution in [0.15, 0.2) is 55.4 Å². The zero-order chi connectivity index (χ0) is 28.6. The normalized spacial score (nSPS) is 14.0. The predicted molar refractivity (Wildman–Crippen MR) is 155 cm³/mol. The van der Waals surface area contributed by atoms with Gasteiger partial charge < -0.3 is 19.9 Å². The molecule has 1 aromatic carbocycles. The van der Waals surface area contributed by atoms with E-state index in [1.165, 1.54) is 17.5 Å². The van der Waals surface area contributed by atoms with Gasteiger partial charge >= 0.3 is 6.09 Å². The Bertz CT molecular complexity index is 1720. The number of hydrogen-bond acceptors (Lipinski definition) is 10. The molecule has 210 valence electrons. The van der Waals surface area contributed by atoms with Crippen LogP contribution >= 0.6 is 0 Å². The van der Waals surface area contributed by atoms with Crippen LogP contribution in [-0.2, 0) is 11.2 Å². The molecular weight excluding hydrogens is 520 g/mol. The molecule has 1 saturated heterocycles. The standard InChI is InChI=1S/C29H32N10O2/c1-19-13-22(6-5-21(19)14-20-7-8-39-24(15-20)32-18-34-39)35-26-25-23(31-17-33-26)16-30-27(36-25)37-9-11-38(12-10-37)28(40)41-29(2,3)4/h5-8,13,15-18H,9-12,14H2,1-4H3,(H,31,33,35). The van der Waals surface area contributed by atoms with Crippen molar-refractivity contribution in [1.29, 1.82) is 0 Å². The zero-order valence-corrected chi connectivity index (χ0v) is 23.6. The van der Waals surface area contributed by atoms with E-state index in [4.69, 9.17) is 9.72 Å². The molecule has 0 spiro atoms. The minimum Gasteiger partial charge on any atom is -0.444 e. The first-order valence-corrected chi connectivity index (χ1v) is 13.6. The highest BCUT2D eigenvalue weighted by Gasteiger charge is 2.27. The number of hydrogen-bond donors (Lipinski definition) is 1. The molecule has 1 aliphatic rings. The number of carbonyl (C=O) groups excluding carboxylic acids is 1. The molecule has 1 aliphatic heterocycles. The highest BCUT2D eigenvalue weighted by molar-refractivity contribution is 5.87. The van der Waals surface area contributed by atoms with Crippen LogP contribution in [0.4, 0.5) is 22.2 Å². The molecule has 0 atom stereocenters. The van der Waals surface area contributed by atoms with E-state index in [1.807, 2.05) is 33.0 Å². The Labute approximate surface area is 237 Å². The topological polar surface area (TPSA) is 127 Å². The van der Waals surface area contributed by atoms with Gasteiger partial charge in [0, 0.05) is 38.1 Å². The lowest BCUT2D eigenvalue weighted by molar-refractivity contribution is 0.0240. The number of nitrogens with one attached hydrogen (secondary N) is 1. The highest BCUT2D eigenvalue weighted by Crippen LogP contribution is 2.26. The average molecular weight is 553 g/mol. The molecule has 1 N–H and O–H groups in total. The van der Waals surface area contributed by atoms with Gasteiger partial charge in [0.15, 0.2) is 11.5 Å². The van der Waals surface area contributed by atoms with Crippen LogP contribution in [0.5, 0.6) is 0 Å². The molecule has 0 bridgehead atoms. The number of aryl methyl sites for hydroxylation is 1. The Morgan fingerprint density at radius 2 is 1.83 bits per heavy atom. The summed E-state index contributed by atoms with van der Waals surface area (Å²) in [6, 6.07) is 10.4. The number of pyridine rings is 1. The molecule has 41 heavy (non-hydrogen) atoms. The number of carbonyl (C=O) groups is 1. The summed E-state index contributed by atoms with van der Waals surface area (Å²) in [4.78, 5) is 38.7. The molecule has 0 aliphatic carbocycles. The van der Waals surface area contributed by atoms with Gasteiger partial charge in [-0.15, -0.1) is 0 Å². The van der Waals surface area contributed by atoms with Crippen molar-refractivity contribution in [3.63, 3.8) is 0 Å². The highest BCUT2D eigenvalue weighted by atomic mass is 16.6. The van der Waals surface area contributed by atoms with Crippen molar-refractivity contribution in [3.8, 4) is 0 Å². The van der Waals surface area contributed by atoms with Crippen molar-refractivity contribution in [3.05, 3.63) is 72.1 Å². The average Bonchev–Trinajstić information content (AvgIpc) is 3.42. The minimum absolute atomic E-state index is 0.297. The summed E-state index contributed by atoms with van der Waals surface area (Å²) in [5, 5.41) is 7.59. The van der Waals surface area contributed by atoms with Gasteiger partial charge in [0.1, 0.15) is 29.3 Å².